The molecule has 7 heterocycles. The van der Waals surface area contributed by atoms with Gasteiger partial charge >= 0.3 is 7.15 Å². The first-order valence-electron chi connectivity index (χ1n) is 14.6. The number of thiol groups is 1. The maximum Gasteiger partial charge on any atom is 0.504 e. The maximum atomic E-state index is 12.1. The fraction of sp³-hybridized carbons (Fsp3) is 0.500. The van der Waals surface area contributed by atoms with Crippen LogP contribution in [0.2, 0.25) is 0 Å². The van der Waals surface area contributed by atoms with Crippen LogP contribution in [0.4, 0.5) is 11.6 Å². The highest BCUT2D eigenvalue weighted by molar-refractivity contribution is 8.40. The quantitative estimate of drug-likeness (QED) is 0.0715. The van der Waals surface area contributed by atoms with Crippen LogP contribution in [0.1, 0.15) is 12.5 Å². The smallest absolute Gasteiger partial charge is 0.394 e. The highest BCUT2D eigenvalue weighted by atomic mass is 32.7. The molecule has 6 unspecified atom stereocenters. The molecule has 2 fully saturated rings. The van der Waals surface area contributed by atoms with Crippen molar-refractivity contribution in [2.24, 2.45) is 0 Å². The van der Waals surface area contributed by atoms with E-state index in [1.807, 2.05) is 12.2 Å². The van der Waals surface area contributed by atoms with Gasteiger partial charge in [-0.25, -0.2) is 35.0 Å². The number of hydrogen-bond acceptors (Lipinski definition) is 16. The molecule has 3 aliphatic heterocycles. The van der Waals surface area contributed by atoms with E-state index in [0.29, 0.717) is 47.1 Å². The van der Waals surface area contributed by atoms with Crippen molar-refractivity contribution in [2.45, 2.75) is 49.0 Å². The molecule has 4 aromatic rings. The summed E-state index contributed by atoms with van der Waals surface area (Å²) < 4.78 is 33.0. The molecule has 8 N–H and O–H groups in total. The van der Waals surface area contributed by atoms with Gasteiger partial charge in [-0.2, -0.15) is 0 Å². The van der Waals surface area contributed by atoms with Gasteiger partial charge in [0.05, 0.1) is 31.9 Å². The van der Waals surface area contributed by atoms with Crippen LogP contribution in [0.15, 0.2) is 37.5 Å². The van der Waals surface area contributed by atoms with Crippen molar-refractivity contribution >= 4 is 71.8 Å². The van der Waals surface area contributed by atoms with Crippen molar-refractivity contribution in [3.63, 3.8) is 0 Å². The molecule has 0 radical (unpaired) electrons. The summed E-state index contributed by atoms with van der Waals surface area (Å²) in [7, 11) is -2.25. The Hall–Kier alpha value is -2.82. The Kier molecular flexibility index (Phi) is 9.70. The van der Waals surface area contributed by atoms with Crippen LogP contribution in [0.5, 0.6) is 0 Å². The normalized spacial score (nSPS) is 33.8. The molecule has 48 heavy (non-hydrogen) atoms. The van der Waals surface area contributed by atoms with Crippen molar-refractivity contribution in [3.8, 4) is 0 Å². The second kappa shape index (κ2) is 13.8. The van der Waals surface area contributed by atoms with Crippen LogP contribution < -0.4 is 20.8 Å². The average molecular weight is 742 g/mol. The number of hydrogen-bond donors (Lipinski definition) is 9. The van der Waals surface area contributed by atoms with E-state index in [9.17, 15) is 24.8 Å². The molecule has 3 aliphatic rings. The van der Waals surface area contributed by atoms with Gasteiger partial charge in [0.25, 0.3) is 6.64 Å². The van der Waals surface area contributed by atoms with Crippen LogP contribution in [-0.4, -0.2) is 122 Å². The first-order chi connectivity index (χ1) is 23.1. The summed E-state index contributed by atoms with van der Waals surface area (Å²) in [6, 6.07) is -2.06. The van der Waals surface area contributed by atoms with Gasteiger partial charge in [-0.3, -0.25) is 9.13 Å². The Labute approximate surface area is 282 Å². The zero-order chi connectivity index (χ0) is 33.6. The number of anilines is 2. The number of aromatic nitrogens is 8. The second-order valence-corrected chi connectivity index (χ2v) is 16.0. The minimum atomic E-state index is -3.92. The lowest BCUT2D eigenvalue weighted by molar-refractivity contribution is -0.0490. The van der Waals surface area contributed by atoms with Crippen LogP contribution in [0.3, 0.4) is 0 Å². The van der Waals surface area contributed by atoms with Gasteiger partial charge in [-0.15, -0.1) is 0 Å². The van der Waals surface area contributed by atoms with Crippen LogP contribution >= 0.6 is 26.0 Å². The number of aliphatic hydroxyl groups is 3. The summed E-state index contributed by atoms with van der Waals surface area (Å²) in [5.41, 5.74) is 1.55. The van der Waals surface area contributed by atoms with Gasteiger partial charge in [0.15, 0.2) is 46.4 Å². The molecule has 0 aliphatic carbocycles. The van der Waals surface area contributed by atoms with Crippen LogP contribution in [0.25, 0.3) is 22.3 Å². The van der Waals surface area contributed by atoms with E-state index in [0.717, 1.165) is 0 Å². The van der Waals surface area contributed by atoms with Crippen molar-refractivity contribution in [3.05, 3.63) is 37.5 Å². The molecule has 24 heteroatoms. The molecule has 4 aromatic heterocycles. The predicted octanol–water partition coefficient (Wildman–Crippen LogP) is -0.694. The average Bonchev–Trinajstić information content (AvgIpc) is 3.82. The van der Waals surface area contributed by atoms with Crippen LogP contribution in [-0.2, 0) is 30.4 Å². The lowest BCUT2D eigenvalue weighted by Crippen LogP contribution is -2.45. The predicted molar refractivity (Wildman–Crippen MR) is 177 cm³/mol. The summed E-state index contributed by atoms with van der Waals surface area (Å²) >= 11 is 9.33. The molecular formula is C24H31N12O8P2S2+. The number of fused-ring (bicyclic) bond motifs is 6. The Bertz CT molecular complexity index is 1900. The molecule has 0 saturated carbocycles. The SMILES string of the molecule is O=[P+](S)NC1C2COP(O)(=S)N[C@@H]3C(CO)O[C@H]([C@@H]3O)n3cnc4c(ncnc43)NC/C=C/CNc3ncnc4c3ncn4C(O2)[C@@H]1O. The van der Waals surface area contributed by atoms with Crippen molar-refractivity contribution in [2.75, 3.05) is 36.9 Å². The van der Waals surface area contributed by atoms with Gasteiger partial charge in [-0.1, -0.05) is 17.2 Å². The summed E-state index contributed by atoms with van der Waals surface area (Å²) in [6.07, 6.45) is 2.55. The summed E-state index contributed by atoms with van der Waals surface area (Å²) in [4.78, 5) is 37.3. The highest BCUT2D eigenvalue weighted by Crippen LogP contribution is 2.44. The molecule has 0 amide bonds. The Balaban J connectivity index is 1.23. The third kappa shape index (κ3) is 6.44. The molecule has 256 valence electrons. The Morgan fingerprint density at radius 2 is 1.54 bits per heavy atom. The van der Waals surface area contributed by atoms with Crippen molar-refractivity contribution in [1.82, 2.24) is 49.2 Å². The third-order valence-electron chi connectivity index (χ3n) is 8.12. The van der Waals surface area contributed by atoms with Crippen LogP contribution in [0, 0.1) is 0 Å². The number of imidazole rings is 2. The van der Waals surface area contributed by atoms with Gasteiger partial charge in [-0.05, 0) is 16.4 Å². The molecule has 0 spiro atoms. The minimum absolute atomic E-state index is 0.355. The molecule has 12 bridgehead atoms. The summed E-state index contributed by atoms with van der Waals surface area (Å²) in [6.45, 7) is -4.04. The lowest BCUT2D eigenvalue weighted by atomic mass is 10.1. The first kappa shape index (κ1) is 33.7. The molecule has 0 aromatic carbocycles. The van der Waals surface area contributed by atoms with Gasteiger partial charge in [0, 0.05) is 13.1 Å². The van der Waals surface area contributed by atoms with E-state index in [4.69, 9.17) is 25.8 Å². The van der Waals surface area contributed by atoms with Crippen molar-refractivity contribution < 1.29 is 38.8 Å². The molecule has 10 atom stereocenters. The number of nitrogens with zero attached hydrogens (tertiary/aromatic N) is 8. The van der Waals surface area contributed by atoms with Gasteiger partial charge in [0.2, 0.25) is 0 Å². The number of aliphatic hydroxyl groups excluding tert-OH is 3. The number of rotatable bonds is 3. The Morgan fingerprint density at radius 3 is 2.10 bits per heavy atom. The lowest BCUT2D eigenvalue weighted by Gasteiger charge is -2.27. The third-order valence-corrected chi connectivity index (χ3v) is 10.7. The van der Waals surface area contributed by atoms with Gasteiger partial charge in [0.1, 0.15) is 55.4 Å². The fourth-order valence-corrected chi connectivity index (χ4v) is 8.54. The zero-order valence-electron chi connectivity index (χ0n) is 24.7. The molecule has 20 nitrogen and oxygen atoms in total. The minimum Gasteiger partial charge on any atom is -0.394 e. The maximum absolute atomic E-state index is 12.1. The number of ether oxygens (including phenoxy) is 2. The number of nitrogens with one attached hydrogen (secondary N) is 4. The van der Waals surface area contributed by atoms with E-state index in [2.05, 4.69) is 63.0 Å². The van der Waals surface area contributed by atoms with Gasteiger partial charge < -0.3 is 44.8 Å². The summed E-state index contributed by atoms with van der Waals surface area (Å²) in [5.74, 6) is 0.893. The Morgan fingerprint density at radius 1 is 0.958 bits per heavy atom. The highest BCUT2D eigenvalue weighted by Gasteiger charge is 2.50. The fourth-order valence-electron chi connectivity index (χ4n) is 5.90. The first-order valence-corrected chi connectivity index (χ1v) is 19.7. The van der Waals surface area contributed by atoms with Crippen molar-refractivity contribution in [1.29, 1.82) is 0 Å². The standard InChI is InChI=1S/C24H30N12O8P2S2/c37-5-11-14-18(39)24(43-11)36-10-32-16-20(28-8-30-22(16)36)26-4-2-1-3-25-19-15-21(29-7-27-19)35(9-31-15)23-17(38)13(33-45(40)47)12(44-23)6-42-46(41,48)34-14/h1-2,7-14,17-18,23-24,37-39H,3-6H2,(H5-,25,26,27,28,29,30,33,34,40,41,47,48)/p+1/b2-1+/t11?,12?,13?,14-,17-,18-,23?,24-,46?/m1/s1. The second-order valence-electron chi connectivity index (χ2n) is 11.0. The summed E-state index contributed by atoms with van der Waals surface area (Å²) in [5, 5.41) is 44.6. The van der Waals surface area contributed by atoms with E-state index < -0.39 is 69.4 Å². The molecule has 2 saturated heterocycles. The van der Waals surface area contributed by atoms with E-state index in [1.165, 1.54) is 34.4 Å². The van der Waals surface area contributed by atoms with E-state index >= 15 is 0 Å². The molecular weight excluding hydrogens is 710 g/mol. The largest absolute Gasteiger partial charge is 0.504 e. The van der Waals surface area contributed by atoms with E-state index in [1.54, 1.807) is 0 Å². The monoisotopic (exact) mass is 741 g/mol. The zero-order valence-corrected chi connectivity index (χ0v) is 28.2. The molecule has 7 rings (SSSR count). The van der Waals surface area contributed by atoms with E-state index in [-0.39, 0.29) is 6.61 Å². The topological polar surface area (TPSA) is 261 Å².